The molecule has 1 aromatic heterocycles. The van der Waals surface area contributed by atoms with Crippen LogP contribution < -0.4 is 10.1 Å². The second-order valence-corrected chi connectivity index (χ2v) is 4.25. The maximum atomic E-state index is 12.1. The van der Waals surface area contributed by atoms with Crippen LogP contribution in [0.2, 0.25) is 0 Å². The van der Waals surface area contributed by atoms with Gasteiger partial charge < -0.3 is 14.5 Å². The van der Waals surface area contributed by atoms with E-state index in [0.717, 1.165) is 5.56 Å². The molecule has 1 aromatic carbocycles. The Kier molecular flexibility index (Phi) is 4.12. The van der Waals surface area contributed by atoms with E-state index in [-0.39, 0.29) is 11.7 Å². The van der Waals surface area contributed by atoms with Gasteiger partial charge in [-0.1, -0.05) is 12.1 Å². The monoisotopic (exact) mass is 279 g/mol. The number of methoxy groups -OCH3 is 1. The van der Waals surface area contributed by atoms with Crippen LogP contribution in [0.15, 0.2) is 34.7 Å². The second-order valence-electron chi connectivity index (χ2n) is 3.98. The average molecular weight is 280 g/mol. The molecule has 0 aliphatic carbocycles. The first-order valence-electron chi connectivity index (χ1n) is 5.75. The minimum atomic E-state index is -0.330. The Morgan fingerprint density at radius 2 is 2.16 bits per heavy atom. The molecule has 0 saturated carbocycles. The van der Waals surface area contributed by atoms with Crippen LogP contribution >= 0.6 is 11.6 Å². The third kappa shape index (κ3) is 2.90. The van der Waals surface area contributed by atoms with E-state index in [0.29, 0.717) is 23.1 Å². The van der Waals surface area contributed by atoms with Gasteiger partial charge >= 0.3 is 0 Å². The van der Waals surface area contributed by atoms with E-state index in [4.69, 9.17) is 20.8 Å². The Bertz CT molecular complexity index is 592. The van der Waals surface area contributed by atoms with Crippen LogP contribution in [0.4, 0.5) is 5.69 Å². The van der Waals surface area contributed by atoms with Gasteiger partial charge in [-0.2, -0.15) is 0 Å². The smallest absolute Gasteiger partial charge is 0.291 e. The highest BCUT2D eigenvalue weighted by molar-refractivity contribution is 6.17. The number of carbonyl (C=O) groups is 1. The Morgan fingerprint density at radius 1 is 1.42 bits per heavy atom. The van der Waals surface area contributed by atoms with Crippen molar-refractivity contribution in [2.75, 3.05) is 12.4 Å². The molecule has 100 valence electrons. The quantitative estimate of drug-likeness (QED) is 0.870. The summed E-state index contributed by atoms with van der Waals surface area (Å²) in [6, 6.07) is 8.82. The van der Waals surface area contributed by atoms with Gasteiger partial charge in [-0.25, -0.2) is 0 Å². The molecule has 4 nitrogen and oxygen atoms in total. The van der Waals surface area contributed by atoms with Gasteiger partial charge in [0.15, 0.2) is 5.76 Å². The number of aryl methyl sites for hydroxylation is 1. The number of rotatable bonds is 4. The fourth-order valence-corrected chi connectivity index (χ4v) is 1.96. The van der Waals surface area contributed by atoms with Crippen molar-refractivity contribution in [3.05, 3.63) is 47.4 Å². The molecule has 0 bridgehead atoms. The predicted molar refractivity (Wildman–Crippen MR) is 73.9 cm³/mol. The standard InChI is InChI=1S/C14H14ClNO3/c1-9-10(8-15)7-13(19-9)14(17)16-11-5-3-4-6-12(11)18-2/h3-7H,8H2,1-2H3,(H,16,17). The maximum absolute atomic E-state index is 12.1. The molecule has 2 aromatic rings. The molecule has 0 unspecified atom stereocenters. The van der Waals surface area contributed by atoms with Gasteiger partial charge in [0, 0.05) is 5.56 Å². The molecule has 0 aliphatic rings. The molecule has 0 aliphatic heterocycles. The Balaban J connectivity index is 2.20. The molecule has 0 saturated heterocycles. The Hall–Kier alpha value is -1.94. The summed E-state index contributed by atoms with van der Waals surface area (Å²) in [5.74, 6) is 1.47. The maximum Gasteiger partial charge on any atom is 0.291 e. The van der Waals surface area contributed by atoms with Gasteiger partial charge in [0.05, 0.1) is 18.7 Å². The van der Waals surface area contributed by atoms with Crippen LogP contribution in [0.5, 0.6) is 5.75 Å². The molecule has 1 N–H and O–H groups in total. The number of furan rings is 1. The first kappa shape index (κ1) is 13.5. The highest BCUT2D eigenvalue weighted by Gasteiger charge is 2.15. The van der Waals surface area contributed by atoms with Crippen LogP contribution in [-0.4, -0.2) is 13.0 Å². The van der Waals surface area contributed by atoms with Crippen LogP contribution in [-0.2, 0) is 5.88 Å². The van der Waals surface area contributed by atoms with Crippen molar-refractivity contribution in [1.82, 2.24) is 0 Å². The predicted octanol–water partition coefficient (Wildman–Crippen LogP) is 3.59. The van der Waals surface area contributed by atoms with Crippen molar-refractivity contribution in [3.8, 4) is 5.75 Å². The molecule has 5 heteroatoms. The fourth-order valence-electron chi connectivity index (χ4n) is 1.70. The largest absolute Gasteiger partial charge is 0.495 e. The third-order valence-corrected chi connectivity index (χ3v) is 3.03. The second kappa shape index (κ2) is 5.80. The topological polar surface area (TPSA) is 51.5 Å². The van der Waals surface area contributed by atoms with Gasteiger partial charge in [0.1, 0.15) is 11.5 Å². The van der Waals surface area contributed by atoms with E-state index in [2.05, 4.69) is 5.32 Å². The zero-order valence-corrected chi connectivity index (χ0v) is 11.5. The molecule has 0 radical (unpaired) electrons. The number of ether oxygens (including phenoxy) is 1. The summed E-state index contributed by atoms with van der Waals surface area (Å²) >= 11 is 5.75. The van der Waals surface area contributed by atoms with Gasteiger partial charge in [-0.15, -0.1) is 11.6 Å². The summed E-state index contributed by atoms with van der Waals surface area (Å²) < 4.78 is 10.5. The van der Waals surface area contributed by atoms with Crippen LogP contribution in [0, 0.1) is 6.92 Å². The summed E-state index contributed by atoms with van der Waals surface area (Å²) in [5.41, 5.74) is 1.41. The lowest BCUT2D eigenvalue weighted by Gasteiger charge is -2.08. The highest BCUT2D eigenvalue weighted by Crippen LogP contribution is 2.24. The summed E-state index contributed by atoms with van der Waals surface area (Å²) in [6.07, 6.45) is 0. The molecular weight excluding hydrogens is 266 g/mol. The van der Waals surface area contributed by atoms with Crippen LogP contribution in [0.3, 0.4) is 0 Å². The van der Waals surface area contributed by atoms with Crippen molar-refractivity contribution in [1.29, 1.82) is 0 Å². The lowest BCUT2D eigenvalue weighted by molar-refractivity contribution is 0.0995. The van der Waals surface area contributed by atoms with E-state index in [9.17, 15) is 4.79 Å². The lowest BCUT2D eigenvalue weighted by atomic mass is 10.2. The number of carbonyl (C=O) groups excluding carboxylic acids is 1. The zero-order valence-electron chi connectivity index (χ0n) is 10.7. The summed E-state index contributed by atoms with van der Waals surface area (Å²) in [4.78, 5) is 12.1. The SMILES string of the molecule is COc1ccccc1NC(=O)c1cc(CCl)c(C)o1. The number of para-hydroxylation sites is 2. The van der Waals surface area contributed by atoms with E-state index in [1.54, 1.807) is 32.2 Å². The van der Waals surface area contributed by atoms with Crippen molar-refractivity contribution < 1.29 is 13.9 Å². The average Bonchev–Trinajstić information content (AvgIpc) is 2.80. The summed E-state index contributed by atoms with van der Waals surface area (Å²) in [5, 5.41) is 2.74. The normalized spacial score (nSPS) is 10.3. The lowest BCUT2D eigenvalue weighted by Crippen LogP contribution is -2.11. The number of hydrogen-bond donors (Lipinski definition) is 1. The van der Waals surface area contributed by atoms with Crippen LogP contribution in [0.25, 0.3) is 0 Å². The van der Waals surface area contributed by atoms with Gasteiger partial charge in [-0.3, -0.25) is 4.79 Å². The molecule has 0 spiro atoms. The number of alkyl halides is 1. The van der Waals surface area contributed by atoms with Crippen molar-refractivity contribution in [2.24, 2.45) is 0 Å². The number of nitrogens with one attached hydrogen (secondary N) is 1. The first-order valence-corrected chi connectivity index (χ1v) is 6.28. The molecular formula is C14H14ClNO3. The Labute approximate surface area is 116 Å². The number of amides is 1. The van der Waals surface area contributed by atoms with Crippen LogP contribution in [0.1, 0.15) is 21.9 Å². The van der Waals surface area contributed by atoms with Gasteiger partial charge in [-0.05, 0) is 25.1 Å². The van der Waals surface area contributed by atoms with Gasteiger partial charge in [0.2, 0.25) is 0 Å². The van der Waals surface area contributed by atoms with Gasteiger partial charge in [0.25, 0.3) is 5.91 Å². The number of hydrogen-bond acceptors (Lipinski definition) is 3. The third-order valence-electron chi connectivity index (χ3n) is 2.74. The first-order chi connectivity index (χ1) is 9.15. The summed E-state index contributed by atoms with van der Waals surface area (Å²) in [6.45, 7) is 1.78. The van der Waals surface area contributed by atoms with E-state index in [1.165, 1.54) is 0 Å². The molecule has 1 heterocycles. The van der Waals surface area contributed by atoms with Crippen molar-refractivity contribution in [2.45, 2.75) is 12.8 Å². The minimum absolute atomic E-state index is 0.235. The van der Waals surface area contributed by atoms with E-state index < -0.39 is 0 Å². The van der Waals surface area contributed by atoms with E-state index >= 15 is 0 Å². The fraction of sp³-hybridized carbons (Fsp3) is 0.214. The minimum Gasteiger partial charge on any atom is -0.495 e. The molecule has 0 atom stereocenters. The number of halogens is 1. The number of benzene rings is 1. The highest BCUT2D eigenvalue weighted by atomic mass is 35.5. The number of anilines is 1. The molecule has 0 fully saturated rings. The molecule has 19 heavy (non-hydrogen) atoms. The van der Waals surface area contributed by atoms with Crippen molar-refractivity contribution in [3.63, 3.8) is 0 Å². The zero-order chi connectivity index (χ0) is 13.8. The summed E-state index contributed by atoms with van der Waals surface area (Å²) in [7, 11) is 1.55. The van der Waals surface area contributed by atoms with Crippen molar-refractivity contribution >= 4 is 23.2 Å². The van der Waals surface area contributed by atoms with E-state index in [1.807, 2.05) is 12.1 Å². The Morgan fingerprint density at radius 3 is 2.79 bits per heavy atom. The molecule has 1 amide bonds. The molecule has 2 rings (SSSR count).